The number of hydrogen-bond acceptors (Lipinski definition) is 5. The van der Waals surface area contributed by atoms with Crippen LogP contribution in [0.1, 0.15) is 24.8 Å². The lowest BCUT2D eigenvalue weighted by Crippen LogP contribution is -2.46. The Balaban J connectivity index is 1.67. The number of ether oxygens (including phenoxy) is 2. The number of anilines is 2. The van der Waals surface area contributed by atoms with Gasteiger partial charge in [-0.15, -0.1) is 0 Å². The van der Waals surface area contributed by atoms with Crippen molar-refractivity contribution in [2.45, 2.75) is 37.8 Å². The van der Waals surface area contributed by atoms with E-state index in [1.807, 2.05) is 6.07 Å². The molecule has 0 spiro atoms. The third-order valence-corrected chi connectivity index (χ3v) is 6.06. The summed E-state index contributed by atoms with van der Waals surface area (Å²) in [6.45, 7) is 3.95. The fourth-order valence-electron chi connectivity index (χ4n) is 4.53. The summed E-state index contributed by atoms with van der Waals surface area (Å²) in [6.07, 6.45) is 4.29. The Hall–Kier alpha value is -2.31. The van der Waals surface area contributed by atoms with Crippen molar-refractivity contribution in [3.63, 3.8) is 0 Å². The van der Waals surface area contributed by atoms with Crippen molar-refractivity contribution < 1.29 is 9.47 Å². The highest BCUT2D eigenvalue weighted by Gasteiger charge is 2.31. The molecule has 2 aromatic rings. The van der Waals surface area contributed by atoms with Gasteiger partial charge < -0.3 is 24.3 Å². The van der Waals surface area contributed by atoms with Crippen molar-refractivity contribution in [2.24, 2.45) is 0 Å². The van der Waals surface area contributed by atoms with Crippen LogP contribution in [0.15, 0.2) is 47.3 Å². The van der Waals surface area contributed by atoms with E-state index in [0.29, 0.717) is 13.2 Å². The molecule has 29 heavy (non-hydrogen) atoms. The Kier molecular flexibility index (Phi) is 6.52. The first-order valence-corrected chi connectivity index (χ1v) is 10.6. The first-order valence-electron chi connectivity index (χ1n) is 10.6. The van der Waals surface area contributed by atoms with Crippen molar-refractivity contribution in [1.82, 2.24) is 4.98 Å². The van der Waals surface area contributed by atoms with Crippen LogP contribution >= 0.6 is 0 Å². The number of morpholine rings is 1. The summed E-state index contributed by atoms with van der Waals surface area (Å²) in [4.78, 5) is 20.2. The normalized spacial score (nSPS) is 23.1. The van der Waals surface area contributed by atoms with Crippen LogP contribution in [0, 0.1) is 0 Å². The van der Waals surface area contributed by atoms with Crippen LogP contribution in [0.25, 0.3) is 0 Å². The number of nitrogens with zero attached hydrogens (tertiary/aromatic N) is 2. The van der Waals surface area contributed by atoms with Crippen LogP contribution in [0.3, 0.4) is 0 Å². The minimum atomic E-state index is -0.0549. The van der Waals surface area contributed by atoms with E-state index in [1.165, 1.54) is 5.56 Å². The molecule has 0 amide bonds. The smallest absolute Gasteiger partial charge is 0.251 e. The van der Waals surface area contributed by atoms with E-state index >= 15 is 0 Å². The number of rotatable bonds is 5. The van der Waals surface area contributed by atoms with Crippen LogP contribution in [0.5, 0.6) is 0 Å². The average Bonchev–Trinajstić information content (AvgIpc) is 2.97. The summed E-state index contributed by atoms with van der Waals surface area (Å²) in [5.41, 5.74) is 2.21. The van der Waals surface area contributed by atoms with E-state index in [0.717, 1.165) is 56.8 Å². The standard InChI is InChI=1S/C23H31N3O3/c1-28-21-9-5-6-10-26(20(21)15-18-7-3-2-4-8-18)22-16-19(17-23(27)24-22)25-11-13-29-14-12-25/h2-4,7-8,16-17,20-21H,5-6,9-15H2,1H3,(H,24,27)/t20-,21+/m0/s1. The molecule has 1 aromatic carbocycles. The molecule has 0 unspecified atom stereocenters. The molecule has 2 fully saturated rings. The van der Waals surface area contributed by atoms with Gasteiger partial charge in [-0.05, 0) is 31.2 Å². The van der Waals surface area contributed by atoms with Crippen molar-refractivity contribution in [3.05, 3.63) is 58.4 Å². The third kappa shape index (κ3) is 4.82. The Morgan fingerprint density at radius 2 is 1.90 bits per heavy atom. The van der Waals surface area contributed by atoms with Gasteiger partial charge in [0.05, 0.1) is 25.4 Å². The van der Waals surface area contributed by atoms with Gasteiger partial charge in [0.15, 0.2) is 0 Å². The van der Waals surface area contributed by atoms with Crippen molar-refractivity contribution in [1.29, 1.82) is 0 Å². The molecule has 0 aliphatic carbocycles. The molecular formula is C23H31N3O3. The van der Waals surface area contributed by atoms with Crippen molar-refractivity contribution in [3.8, 4) is 0 Å². The molecule has 4 rings (SSSR count). The predicted molar refractivity (Wildman–Crippen MR) is 116 cm³/mol. The van der Waals surface area contributed by atoms with Gasteiger partial charge in [-0.25, -0.2) is 0 Å². The van der Waals surface area contributed by atoms with Gasteiger partial charge in [0.2, 0.25) is 0 Å². The van der Waals surface area contributed by atoms with Gasteiger partial charge in [0.25, 0.3) is 5.56 Å². The highest BCUT2D eigenvalue weighted by Crippen LogP contribution is 2.28. The van der Waals surface area contributed by atoms with Gasteiger partial charge >= 0.3 is 0 Å². The van der Waals surface area contributed by atoms with Crippen LogP contribution in [0.4, 0.5) is 11.5 Å². The second-order valence-corrected chi connectivity index (χ2v) is 7.91. The Bertz CT molecular complexity index is 833. The number of methoxy groups -OCH3 is 1. The zero-order valence-corrected chi connectivity index (χ0v) is 17.2. The molecule has 0 radical (unpaired) electrons. The second-order valence-electron chi connectivity index (χ2n) is 7.91. The molecule has 2 aliphatic heterocycles. The number of hydrogen-bond donors (Lipinski definition) is 1. The molecule has 0 saturated carbocycles. The molecule has 1 aromatic heterocycles. The Morgan fingerprint density at radius 1 is 1.10 bits per heavy atom. The maximum Gasteiger partial charge on any atom is 0.251 e. The van der Waals surface area contributed by atoms with Gasteiger partial charge in [0.1, 0.15) is 5.82 Å². The lowest BCUT2D eigenvalue weighted by Gasteiger charge is -2.36. The van der Waals surface area contributed by atoms with E-state index in [-0.39, 0.29) is 17.7 Å². The predicted octanol–water partition coefficient (Wildman–Crippen LogP) is 2.83. The number of aromatic nitrogens is 1. The number of pyridine rings is 1. The molecule has 1 N–H and O–H groups in total. The zero-order valence-electron chi connectivity index (χ0n) is 17.2. The maximum absolute atomic E-state index is 12.5. The number of nitrogens with one attached hydrogen (secondary N) is 1. The minimum absolute atomic E-state index is 0.0549. The quantitative estimate of drug-likeness (QED) is 0.841. The summed E-state index contributed by atoms with van der Waals surface area (Å²) in [7, 11) is 1.80. The number of H-pyrrole nitrogens is 1. The van der Waals surface area contributed by atoms with E-state index in [1.54, 1.807) is 13.2 Å². The van der Waals surface area contributed by atoms with Crippen molar-refractivity contribution in [2.75, 3.05) is 49.8 Å². The first kappa shape index (κ1) is 20.0. The average molecular weight is 398 g/mol. The molecule has 2 saturated heterocycles. The Labute approximate surface area is 172 Å². The maximum atomic E-state index is 12.5. The molecule has 6 heteroatoms. The molecular weight excluding hydrogens is 366 g/mol. The van der Waals surface area contributed by atoms with E-state index in [4.69, 9.17) is 9.47 Å². The topological polar surface area (TPSA) is 57.8 Å². The SMILES string of the molecule is CO[C@@H]1CCCCN(c2cc(N3CCOCC3)cc(=O)[nH]2)[C@H]1Cc1ccccc1. The highest BCUT2D eigenvalue weighted by molar-refractivity contribution is 5.56. The van der Waals surface area contributed by atoms with Crippen LogP contribution < -0.4 is 15.4 Å². The van der Waals surface area contributed by atoms with Gasteiger partial charge in [-0.2, -0.15) is 0 Å². The zero-order chi connectivity index (χ0) is 20.1. The molecule has 0 bridgehead atoms. The monoisotopic (exact) mass is 397 g/mol. The lowest BCUT2D eigenvalue weighted by atomic mass is 9.98. The minimum Gasteiger partial charge on any atom is -0.379 e. The van der Waals surface area contributed by atoms with Crippen LogP contribution in [-0.4, -0.2) is 57.1 Å². The fourth-order valence-corrected chi connectivity index (χ4v) is 4.53. The fraction of sp³-hybridized carbons (Fsp3) is 0.522. The lowest BCUT2D eigenvalue weighted by molar-refractivity contribution is 0.0741. The molecule has 3 heterocycles. The van der Waals surface area contributed by atoms with E-state index < -0.39 is 0 Å². The number of benzene rings is 1. The summed E-state index contributed by atoms with van der Waals surface area (Å²) >= 11 is 0. The molecule has 156 valence electrons. The summed E-state index contributed by atoms with van der Waals surface area (Å²) in [5, 5.41) is 0. The molecule has 6 nitrogen and oxygen atoms in total. The summed E-state index contributed by atoms with van der Waals surface area (Å²) in [6, 6.07) is 14.6. The van der Waals surface area contributed by atoms with Crippen LogP contribution in [-0.2, 0) is 15.9 Å². The van der Waals surface area contributed by atoms with Gasteiger partial charge in [-0.3, -0.25) is 4.79 Å². The highest BCUT2D eigenvalue weighted by atomic mass is 16.5. The van der Waals surface area contributed by atoms with Crippen molar-refractivity contribution >= 4 is 11.5 Å². The van der Waals surface area contributed by atoms with Gasteiger partial charge in [-0.1, -0.05) is 30.3 Å². The third-order valence-electron chi connectivity index (χ3n) is 6.06. The van der Waals surface area contributed by atoms with Gasteiger partial charge in [0, 0.05) is 44.6 Å². The number of aromatic amines is 1. The molecule has 2 aliphatic rings. The first-order chi connectivity index (χ1) is 14.2. The van der Waals surface area contributed by atoms with E-state index in [2.05, 4.69) is 45.1 Å². The summed E-state index contributed by atoms with van der Waals surface area (Å²) in [5.74, 6) is 0.892. The van der Waals surface area contributed by atoms with E-state index in [9.17, 15) is 4.79 Å². The second kappa shape index (κ2) is 9.46. The molecule has 2 atom stereocenters. The Morgan fingerprint density at radius 3 is 2.66 bits per heavy atom. The summed E-state index contributed by atoms with van der Waals surface area (Å²) < 4.78 is 11.4. The van der Waals surface area contributed by atoms with Crippen LogP contribution in [0.2, 0.25) is 0 Å². The largest absolute Gasteiger partial charge is 0.379 e.